The SMILES string of the molecule is CCCCCCCCCCCCC[n+]1ccn(CC)c1CCC. The molecule has 1 rings (SSSR count). The first-order valence-electron chi connectivity index (χ1n) is 10.4. The van der Waals surface area contributed by atoms with Crippen LogP contribution in [0.5, 0.6) is 0 Å². The zero-order valence-corrected chi connectivity index (χ0v) is 16.2. The molecule has 0 unspecified atom stereocenters. The van der Waals surface area contributed by atoms with Crippen LogP contribution in [-0.4, -0.2) is 4.57 Å². The average molecular weight is 322 g/mol. The van der Waals surface area contributed by atoms with Crippen molar-refractivity contribution < 1.29 is 4.57 Å². The van der Waals surface area contributed by atoms with Crippen molar-refractivity contribution in [2.45, 2.75) is 117 Å². The van der Waals surface area contributed by atoms with E-state index in [4.69, 9.17) is 0 Å². The molecule has 0 saturated heterocycles. The molecule has 0 saturated carbocycles. The van der Waals surface area contributed by atoms with Gasteiger partial charge in [0.1, 0.15) is 12.4 Å². The van der Waals surface area contributed by atoms with Crippen LogP contribution in [-0.2, 0) is 19.5 Å². The summed E-state index contributed by atoms with van der Waals surface area (Å²) in [6, 6.07) is 0. The molecule has 0 spiro atoms. The van der Waals surface area contributed by atoms with Crippen molar-refractivity contribution in [3.8, 4) is 0 Å². The molecule has 0 aliphatic rings. The fourth-order valence-corrected chi connectivity index (χ4v) is 3.45. The van der Waals surface area contributed by atoms with Gasteiger partial charge in [0.25, 0.3) is 5.82 Å². The van der Waals surface area contributed by atoms with Crippen LogP contribution in [0.2, 0.25) is 0 Å². The van der Waals surface area contributed by atoms with E-state index >= 15 is 0 Å². The highest BCUT2D eigenvalue weighted by atomic mass is 15.1. The summed E-state index contributed by atoms with van der Waals surface area (Å²) >= 11 is 0. The highest BCUT2D eigenvalue weighted by Crippen LogP contribution is 2.11. The molecule has 1 aromatic heterocycles. The maximum absolute atomic E-state index is 2.49. The van der Waals surface area contributed by atoms with Crippen molar-refractivity contribution in [1.82, 2.24) is 4.57 Å². The Hall–Kier alpha value is -0.790. The van der Waals surface area contributed by atoms with E-state index in [1.165, 1.54) is 95.8 Å². The van der Waals surface area contributed by atoms with E-state index in [1.807, 2.05) is 0 Å². The molecule has 0 fully saturated rings. The molecule has 0 radical (unpaired) electrons. The van der Waals surface area contributed by atoms with Gasteiger partial charge in [-0.1, -0.05) is 71.6 Å². The van der Waals surface area contributed by atoms with Crippen LogP contribution in [0.25, 0.3) is 0 Å². The van der Waals surface area contributed by atoms with E-state index in [2.05, 4.69) is 42.3 Å². The van der Waals surface area contributed by atoms with E-state index in [9.17, 15) is 0 Å². The molecule has 0 amide bonds. The Kier molecular flexibility index (Phi) is 12.0. The molecule has 134 valence electrons. The molecule has 0 aromatic carbocycles. The van der Waals surface area contributed by atoms with Crippen LogP contribution in [0.4, 0.5) is 0 Å². The summed E-state index contributed by atoms with van der Waals surface area (Å²) in [6.07, 6.45) is 22.6. The number of rotatable bonds is 15. The van der Waals surface area contributed by atoms with E-state index in [-0.39, 0.29) is 0 Å². The number of imidazole rings is 1. The second-order valence-electron chi connectivity index (χ2n) is 6.98. The van der Waals surface area contributed by atoms with E-state index in [0.29, 0.717) is 0 Å². The van der Waals surface area contributed by atoms with E-state index < -0.39 is 0 Å². The third kappa shape index (κ3) is 8.58. The quantitative estimate of drug-likeness (QED) is 0.274. The lowest BCUT2D eigenvalue weighted by atomic mass is 10.1. The van der Waals surface area contributed by atoms with E-state index in [1.54, 1.807) is 0 Å². The highest BCUT2D eigenvalue weighted by Gasteiger charge is 2.14. The van der Waals surface area contributed by atoms with Crippen molar-refractivity contribution in [2.75, 3.05) is 0 Å². The molecular weight excluding hydrogens is 280 g/mol. The zero-order chi connectivity index (χ0) is 16.8. The van der Waals surface area contributed by atoms with Crippen LogP contribution in [0, 0.1) is 0 Å². The Morgan fingerprint density at radius 3 is 1.83 bits per heavy atom. The standard InChI is InChI=1S/C21H41N2/c1-4-7-8-9-10-11-12-13-14-15-16-18-23-20-19-22(6-3)21(23)17-5-2/h19-20H,4-18H2,1-3H3/q+1. The molecule has 2 nitrogen and oxygen atoms in total. The van der Waals surface area contributed by atoms with Crippen LogP contribution < -0.4 is 4.57 Å². The highest BCUT2D eigenvalue weighted by molar-refractivity contribution is 4.83. The van der Waals surface area contributed by atoms with Crippen molar-refractivity contribution in [1.29, 1.82) is 0 Å². The van der Waals surface area contributed by atoms with Gasteiger partial charge in [0, 0.05) is 6.42 Å². The summed E-state index contributed by atoms with van der Waals surface area (Å²) in [7, 11) is 0. The monoisotopic (exact) mass is 321 g/mol. The van der Waals surface area contributed by atoms with Crippen molar-refractivity contribution in [3.63, 3.8) is 0 Å². The summed E-state index contributed by atoms with van der Waals surface area (Å²) in [4.78, 5) is 0. The second-order valence-corrected chi connectivity index (χ2v) is 6.98. The molecule has 1 aromatic rings. The van der Waals surface area contributed by atoms with E-state index in [0.717, 1.165) is 6.54 Å². The summed E-state index contributed by atoms with van der Waals surface area (Å²) in [5.41, 5.74) is 0. The third-order valence-corrected chi connectivity index (χ3v) is 4.91. The number of hydrogen-bond donors (Lipinski definition) is 0. The molecular formula is C21H41N2+. The van der Waals surface area contributed by atoms with Gasteiger partial charge < -0.3 is 0 Å². The van der Waals surface area contributed by atoms with Gasteiger partial charge in [0.2, 0.25) is 0 Å². The Balaban J connectivity index is 2.04. The molecule has 0 aliphatic carbocycles. The number of unbranched alkanes of at least 4 members (excludes halogenated alkanes) is 10. The molecule has 0 N–H and O–H groups in total. The predicted molar refractivity (Wildman–Crippen MR) is 101 cm³/mol. The summed E-state index contributed by atoms with van der Waals surface area (Å²) in [6.45, 7) is 9.12. The summed E-state index contributed by atoms with van der Waals surface area (Å²) in [5, 5.41) is 0. The topological polar surface area (TPSA) is 8.81 Å². The fraction of sp³-hybridized carbons (Fsp3) is 0.857. The van der Waals surface area contributed by atoms with Crippen molar-refractivity contribution in [2.24, 2.45) is 0 Å². The summed E-state index contributed by atoms with van der Waals surface area (Å²) in [5.74, 6) is 1.52. The first-order chi connectivity index (χ1) is 11.3. The number of nitrogens with zero attached hydrogens (tertiary/aromatic N) is 2. The molecule has 2 heteroatoms. The van der Waals surface area contributed by atoms with Crippen LogP contribution in [0.15, 0.2) is 12.4 Å². The van der Waals surface area contributed by atoms with Gasteiger partial charge in [-0.15, -0.1) is 0 Å². The van der Waals surface area contributed by atoms with Gasteiger partial charge in [-0.05, 0) is 26.2 Å². The van der Waals surface area contributed by atoms with Gasteiger partial charge in [0.05, 0.1) is 13.1 Å². The molecule has 0 atom stereocenters. The Bertz CT molecular complexity index is 381. The predicted octanol–water partition coefficient (Wildman–Crippen LogP) is 6.06. The minimum absolute atomic E-state index is 1.10. The minimum Gasteiger partial charge on any atom is -0.235 e. The number of aryl methyl sites for hydroxylation is 2. The Morgan fingerprint density at radius 2 is 1.30 bits per heavy atom. The Labute approximate surface area is 145 Å². The fourth-order valence-electron chi connectivity index (χ4n) is 3.45. The molecule has 0 bridgehead atoms. The normalized spacial score (nSPS) is 11.3. The van der Waals surface area contributed by atoms with Gasteiger partial charge >= 0.3 is 0 Å². The minimum atomic E-state index is 1.10. The summed E-state index contributed by atoms with van der Waals surface area (Å²) < 4.78 is 4.89. The van der Waals surface area contributed by atoms with Gasteiger partial charge in [-0.25, -0.2) is 9.13 Å². The van der Waals surface area contributed by atoms with Crippen molar-refractivity contribution in [3.05, 3.63) is 18.2 Å². The van der Waals surface area contributed by atoms with Gasteiger partial charge in [-0.2, -0.15) is 0 Å². The van der Waals surface area contributed by atoms with Gasteiger partial charge in [0.15, 0.2) is 0 Å². The molecule has 0 aliphatic heterocycles. The number of hydrogen-bond acceptors (Lipinski definition) is 0. The Morgan fingerprint density at radius 1 is 0.739 bits per heavy atom. The average Bonchev–Trinajstić information content (AvgIpc) is 2.95. The van der Waals surface area contributed by atoms with Crippen LogP contribution in [0.3, 0.4) is 0 Å². The first kappa shape index (κ1) is 20.3. The lowest BCUT2D eigenvalue weighted by Crippen LogP contribution is -2.37. The van der Waals surface area contributed by atoms with Crippen LogP contribution in [0.1, 0.15) is 104 Å². The lowest BCUT2D eigenvalue weighted by Gasteiger charge is -2.04. The molecule has 23 heavy (non-hydrogen) atoms. The first-order valence-corrected chi connectivity index (χ1v) is 10.4. The molecule has 1 heterocycles. The van der Waals surface area contributed by atoms with Gasteiger partial charge in [-0.3, -0.25) is 0 Å². The second kappa shape index (κ2) is 13.6. The zero-order valence-electron chi connectivity index (χ0n) is 16.2. The maximum atomic E-state index is 2.49. The smallest absolute Gasteiger partial charge is 0.235 e. The van der Waals surface area contributed by atoms with Crippen molar-refractivity contribution >= 4 is 0 Å². The lowest BCUT2D eigenvalue weighted by molar-refractivity contribution is -0.704. The number of aromatic nitrogens is 2. The maximum Gasteiger partial charge on any atom is 0.256 e. The third-order valence-electron chi connectivity index (χ3n) is 4.91. The largest absolute Gasteiger partial charge is 0.256 e. The van der Waals surface area contributed by atoms with Crippen LogP contribution >= 0.6 is 0 Å².